The molecule has 0 aromatic heterocycles. The number of rotatable bonds is 6. The Balaban J connectivity index is 2.40. The Morgan fingerprint density at radius 2 is 1.82 bits per heavy atom. The predicted octanol–water partition coefficient (Wildman–Crippen LogP) is 2.47. The first-order valence-electron chi connectivity index (χ1n) is 5.76. The normalized spacial score (nSPS) is 11.2. The van der Waals surface area contributed by atoms with Crippen molar-refractivity contribution in [3.05, 3.63) is 35.4 Å². The first kappa shape index (κ1) is 13.7. The van der Waals surface area contributed by atoms with Gasteiger partial charge in [-0.15, -0.1) is 0 Å². The molecule has 0 bridgehead atoms. The lowest BCUT2D eigenvalue weighted by Gasteiger charge is -2.15. The summed E-state index contributed by atoms with van der Waals surface area (Å²) in [7, 11) is 1.69. The molecule has 0 saturated carbocycles. The molecule has 0 heterocycles. The Morgan fingerprint density at radius 3 is 2.35 bits per heavy atom. The van der Waals surface area contributed by atoms with Crippen molar-refractivity contribution < 1.29 is 4.74 Å². The van der Waals surface area contributed by atoms with Gasteiger partial charge < -0.3 is 10.1 Å². The Bertz CT molecular complexity index is 376. The molecule has 0 aliphatic rings. The smallest absolute Gasteiger partial charge is 0.0713 e. The lowest BCUT2D eigenvalue weighted by atomic mass is 9.96. The molecule has 1 aromatic carbocycles. The molecule has 0 spiro atoms. The highest BCUT2D eigenvalue weighted by atomic mass is 16.5. The molecule has 0 saturated heterocycles. The predicted molar refractivity (Wildman–Crippen MR) is 68.3 cm³/mol. The standard InChI is InChI=1S/C14H20N2O/c1-14(2,10-15)11-16-8-12-4-6-13(7-5-12)9-17-3/h4-7,16H,8-9,11H2,1-3H3. The van der Waals surface area contributed by atoms with E-state index in [-0.39, 0.29) is 5.41 Å². The average Bonchev–Trinajstić information content (AvgIpc) is 2.32. The van der Waals surface area contributed by atoms with Crippen LogP contribution in [-0.2, 0) is 17.9 Å². The summed E-state index contributed by atoms with van der Waals surface area (Å²) < 4.78 is 5.06. The third-order valence-electron chi connectivity index (χ3n) is 2.53. The van der Waals surface area contributed by atoms with E-state index >= 15 is 0 Å². The highest BCUT2D eigenvalue weighted by molar-refractivity contribution is 5.21. The molecule has 1 N–H and O–H groups in total. The summed E-state index contributed by atoms with van der Waals surface area (Å²) in [5.74, 6) is 0. The summed E-state index contributed by atoms with van der Waals surface area (Å²) in [5, 5.41) is 12.2. The maximum absolute atomic E-state index is 8.88. The Labute approximate surface area is 103 Å². The second-order valence-corrected chi connectivity index (χ2v) is 4.85. The first-order chi connectivity index (χ1) is 8.07. The fraction of sp³-hybridized carbons (Fsp3) is 0.500. The van der Waals surface area contributed by atoms with Crippen LogP contribution in [0.15, 0.2) is 24.3 Å². The van der Waals surface area contributed by atoms with Crippen molar-refractivity contribution in [2.75, 3.05) is 13.7 Å². The molecular weight excluding hydrogens is 212 g/mol. The van der Waals surface area contributed by atoms with Gasteiger partial charge in [-0.05, 0) is 25.0 Å². The minimum Gasteiger partial charge on any atom is -0.380 e. The van der Waals surface area contributed by atoms with Gasteiger partial charge in [-0.1, -0.05) is 24.3 Å². The number of benzene rings is 1. The van der Waals surface area contributed by atoms with Gasteiger partial charge in [0.1, 0.15) is 0 Å². The average molecular weight is 232 g/mol. The zero-order valence-corrected chi connectivity index (χ0v) is 10.8. The molecular formula is C14H20N2O. The molecule has 0 aliphatic heterocycles. The van der Waals surface area contributed by atoms with E-state index in [1.165, 1.54) is 11.1 Å². The van der Waals surface area contributed by atoms with E-state index in [0.717, 1.165) is 6.54 Å². The number of ether oxygens (including phenoxy) is 1. The van der Waals surface area contributed by atoms with Crippen LogP contribution >= 0.6 is 0 Å². The van der Waals surface area contributed by atoms with E-state index in [0.29, 0.717) is 13.2 Å². The highest BCUT2D eigenvalue weighted by Crippen LogP contribution is 2.11. The molecule has 0 radical (unpaired) electrons. The number of nitrogens with one attached hydrogen (secondary N) is 1. The zero-order chi connectivity index (χ0) is 12.7. The summed E-state index contributed by atoms with van der Waals surface area (Å²) >= 11 is 0. The van der Waals surface area contributed by atoms with Crippen molar-refractivity contribution in [2.24, 2.45) is 5.41 Å². The third-order valence-corrected chi connectivity index (χ3v) is 2.53. The Hall–Kier alpha value is -1.37. The van der Waals surface area contributed by atoms with Gasteiger partial charge in [0.2, 0.25) is 0 Å². The van der Waals surface area contributed by atoms with Crippen LogP contribution in [0.5, 0.6) is 0 Å². The maximum Gasteiger partial charge on any atom is 0.0713 e. The molecule has 0 aliphatic carbocycles. The molecule has 3 heteroatoms. The fourth-order valence-corrected chi connectivity index (χ4v) is 1.48. The van der Waals surface area contributed by atoms with E-state index in [2.05, 4.69) is 35.7 Å². The third kappa shape index (κ3) is 4.99. The van der Waals surface area contributed by atoms with Gasteiger partial charge in [0.05, 0.1) is 18.1 Å². The zero-order valence-electron chi connectivity index (χ0n) is 10.8. The summed E-state index contributed by atoms with van der Waals surface area (Å²) in [4.78, 5) is 0. The van der Waals surface area contributed by atoms with Crippen molar-refractivity contribution >= 4 is 0 Å². The first-order valence-corrected chi connectivity index (χ1v) is 5.76. The quantitative estimate of drug-likeness (QED) is 0.819. The fourth-order valence-electron chi connectivity index (χ4n) is 1.48. The van der Waals surface area contributed by atoms with Crippen LogP contribution in [0.4, 0.5) is 0 Å². The maximum atomic E-state index is 8.88. The van der Waals surface area contributed by atoms with Crippen molar-refractivity contribution in [3.8, 4) is 6.07 Å². The minimum atomic E-state index is -0.310. The summed E-state index contributed by atoms with van der Waals surface area (Å²) in [6, 6.07) is 10.6. The van der Waals surface area contributed by atoms with Crippen molar-refractivity contribution in [1.29, 1.82) is 5.26 Å². The number of nitrogens with zero attached hydrogens (tertiary/aromatic N) is 1. The van der Waals surface area contributed by atoms with E-state index in [4.69, 9.17) is 10.00 Å². The van der Waals surface area contributed by atoms with Gasteiger partial charge in [0, 0.05) is 20.2 Å². The van der Waals surface area contributed by atoms with E-state index < -0.39 is 0 Å². The van der Waals surface area contributed by atoms with E-state index in [1.54, 1.807) is 7.11 Å². The molecule has 3 nitrogen and oxygen atoms in total. The SMILES string of the molecule is COCc1ccc(CNCC(C)(C)C#N)cc1. The van der Waals surface area contributed by atoms with Crippen LogP contribution in [-0.4, -0.2) is 13.7 Å². The number of methoxy groups -OCH3 is 1. The molecule has 1 rings (SSSR count). The van der Waals surface area contributed by atoms with Crippen molar-refractivity contribution in [1.82, 2.24) is 5.32 Å². The van der Waals surface area contributed by atoms with Gasteiger partial charge in [0.25, 0.3) is 0 Å². The monoisotopic (exact) mass is 232 g/mol. The van der Waals surface area contributed by atoms with Gasteiger partial charge in [-0.25, -0.2) is 0 Å². The summed E-state index contributed by atoms with van der Waals surface area (Å²) in [6.45, 7) is 6.00. The minimum absolute atomic E-state index is 0.310. The van der Waals surface area contributed by atoms with Gasteiger partial charge in [-0.2, -0.15) is 5.26 Å². The lowest BCUT2D eigenvalue weighted by molar-refractivity contribution is 0.185. The van der Waals surface area contributed by atoms with Crippen LogP contribution in [0.1, 0.15) is 25.0 Å². The second-order valence-electron chi connectivity index (χ2n) is 4.85. The van der Waals surface area contributed by atoms with Crippen LogP contribution in [0, 0.1) is 16.7 Å². The van der Waals surface area contributed by atoms with Crippen molar-refractivity contribution in [3.63, 3.8) is 0 Å². The molecule has 1 aromatic rings. The van der Waals surface area contributed by atoms with Crippen LogP contribution < -0.4 is 5.32 Å². The molecule has 0 fully saturated rings. The summed E-state index contributed by atoms with van der Waals surface area (Å²) in [6.07, 6.45) is 0. The Kier molecular flexibility index (Phi) is 5.14. The number of hydrogen-bond donors (Lipinski definition) is 1. The molecule has 0 atom stereocenters. The van der Waals surface area contributed by atoms with Gasteiger partial charge >= 0.3 is 0 Å². The van der Waals surface area contributed by atoms with E-state index in [9.17, 15) is 0 Å². The number of hydrogen-bond acceptors (Lipinski definition) is 3. The van der Waals surface area contributed by atoms with Gasteiger partial charge in [-0.3, -0.25) is 0 Å². The largest absolute Gasteiger partial charge is 0.380 e. The van der Waals surface area contributed by atoms with Crippen LogP contribution in [0.2, 0.25) is 0 Å². The molecule has 17 heavy (non-hydrogen) atoms. The Morgan fingerprint density at radius 1 is 1.24 bits per heavy atom. The van der Waals surface area contributed by atoms with E-state index in [1.807, 2.05) is 13.8 Å². The molecule has 92 valence electrons. The number of nitriles is 1. The second kappa shape index (κ2) is 6.39. The van der Waals surface area contributed by atoms with Crippen molar-refractivity contribution in [2.45, 2.75) is 27.0 Å². The van der Waals surface area contributed by atoms with Gasteiger partial charge in [0.15, 0.2) is 0 Å². The van der Waals surface area contributed by atoms with Crippen LogP contribution in [0.3, 0.4) is 0 Å². The highest BCUT2D eigenvalue weighted by Gasteiger charge is 2.15. The molecule has 0 amide bonds. The molecule has 0 unspecified atom stereocenters. The lowest BCUT2D eigenvalue weighted by Crippen LogP contribution is -2.27. The van der Waals surface area contributed by atoms with Crippen LogP contribution in [0.25, 0.3) is 0 Å². The topological polar surface area (TPSA) is 45.0 Å². The summed E-state index contributed by atoms with van der Waals surface area (Å²) in [5.41, 5.74) is 2.09.